The number of carbonyl (C=O) groups is 2. The number of carbonyl (C=O) groups excluding carboxylic acids is 2. The zero-order valence-electron chi connectivity index (χ0n) is 14.0. The van der Waals surface area contributed by atoms with Gasteiger partial charge in [-0.15, -0.1) is 0 Å². The molecule has 0 aromatic heterocycles. The van der Waals surface area contributed by atoms with Gasteiger partial charge in [0.05, 0.1) is 0 Å². The Bertz CT molecular complexity index is 500. The third-order valence-corrected chi connectivity index (χ3v) is 2.90. The zero-order valence-corrected chi connectivity index (χ0v) is 14.0. The molecule has 0 aromatic carbocycles. The van der Waals surface area contributed by atoms with E-state index in [-0.39, 0.29) is 11.7 Å². The first kappa shape index (κ1) is 20.0. The highest BCUT2D eigenvalue weighted by Crippen LogP contribution is 2.12. The number of ketones is 1. The Morgan fingerprint density at radius 1 is 1.23 bits per heavy atom. The third kappa shape index (κ3) is 8.34. The van der Waals surface area contributed by atoms with Gasteiger partial charge in [-0.2, -0.15) is 0 Å². The van der Waals surface area contributed by atoms with Crippen LogP contribution in [0.1, 0.15) is 20.8 Å². The molecule has 0 aliphatic rings. The van der Waals surface area contributed by atoms with E-state index in [2.05, 4.69) is 0 Å². The Hall–Kier alpha value is -1.98. The van der Waals surface area contributed by atoms with Crippen molar-refractivity contribution in [1.29, 1.82) is 0 Å². The standard InChI is InChI=1S/C17H26N2O3/c1-6-15(8-7-11-19(4)5)17(21)14(3)12-13(2)9-10-16(20)18-22/h6-10,12,14,22H,11H2,1-5H3,(H,18,20)/b8-7-,10-9+,13-12+,15-6+/t14-/m1/s1. The van der Waals surface area contributed by atoms with Gasteiger partial charge in [0.15, 0.2) is 5.78 Å². The van der Waals surface area contributed by atoms with Crippen LogP contribution in [-0.4, -0.2) is 42.4 Å². The molecule has 0 bridgehead atoms. The van der Waals surface area contributed by atoms with E-state index in [4.69, 9.17) is 5.21 Å². The average Bonchev–Trinajstić information content (AvgIpc) is 2.48. The molecular weight excluding hydrogens is 280 g/mol. The summed E-state index contributed by atoms with van der Waals surface area (Å²) in [5.41, 5.74) is 2.95. The number of hydrogen-bond acceptors (Lipinski definition) is 4. The average molecular weight is 306 g/mol. The summed E-state index contributed by atoms with van der Waals surface area (Å²) in [4.78, 5) is 25.3. The molecular formula is C17H26N2O3. The molecule has 5 heteroatoms. The molecule has 1 amide bonds. The number of nitrogens with one attached hydrogen (secondary N) is 1. The molecule has 1 atom stereocenters. The summed E-state index contributed by atoms with van der Waals surface area (Å²) in [6.45, 7) is 6.21. The molecule has 0 spiro atoms. The van der Waals surface area contributed by atoms with E-state index in [1.54, 1.807) is 25.2 Å². The Morgan fingerprint density at radius 2 is 1.86 bits per heavy atom. The highest BCUT2D eigenvalue weighted by atomic mass is 16.5. The summed E-state index contributed by atoms with van der Waals surface area (Å²) in [6.07, 6.45) is 10.1. The van der Waals surface area contributed by atoms with Crippen LogP contribution < -0.4 is 5.48 Å². The van der Waals surface area contributed by atoms with E-state index in [1.165, 1.54) is 11.6 Å². The van der Waals surface area contributed by atoms with Crippen LogP contribution in [0.3, 0.4) is 0 Å². The number of hydroxylamine groups is 1. The first-order chi connectivity index (χ1) is 10.3. The van der Waals surface area contributed by atoms with Crippen molar-refractivity contribution in [3.63, 3.8) is 0 Å². The van der Waals surface area contributed by atoms with Crippen molar-refractivity contribution in [2.75, 3.05) is 20.6 Å². The van der Waals surface area contributed by atoms with Gasteiger partial charge in [-0.05, 0) is 27.9 Å². The molecule has 22 heavy (non-hydrogen) atoms. The minimum absolute atomic E-state index is 0.0249. The summed E-state index contributed by atoms with van der Waals surface area (Å²) < 4.78 is 0. The minimum Gasteiger partial charge on any atom is -0.306 e. The van der Waals surface area contributed by atoms with E-state index < -0.39 is 5.91 Å². The minimum atomic E-state index is -0.604. The number of nitrogens with zero attached hydrogens (tertiary/aromatic N) is 1. The van der Waals surface area contributed by atoms with Crippen molar-refractivity contribution in [2.45, 2.75) is 20.8 Å². The Labute approximate surface area is 132 Å². The second kappa shape index (κ2) is 10.7. The van der Waals surface area contributed by atoms with Gasteiger partial charge in [-0.1, -0.05) is 42.9 Å². The predicted octanol–water partition coefficient (Wildman–Crippen LogP) is 2.26. The van der Waals surface area contributed by atoms with Gasteiger partial charge >= 0.3 is 0 Å². The molecule has 0 rings (SSSR count). The Balaban J connectivity index is 4.85. The van der Waals surface area contributed by atoms with Crippen molar-refractivity contribution < 1.29 is 14.8 Å². The summed E-state index contributed by atoms with van der Waals surface area (Å²) in [5.74, 6) is -0.874. The van der Waals surface area contributed by atoms with Gasteiger partial charge < -0.3 is 4.90 Å². The lowest BCUT2D eigenvalue weighted by atomic mass is 9.96. The van der Waals surface area contributed by atoms with Crippen molar-refractivity contribution in [1.82, 2.24) is 10.4 Å². The molecule has 122 valence electrons. The molecule has 0 heterocycles. The van der Waals surface area contributed by atoms with Crippen molar-refractivity contribution in [3.05, 3.63) is 47.6 Å². The van der Waals surface area contributed by atoms with Gasteiger partial charge in [0.25, 0.3) is 5.91 Å². The number of allylic oxidation sites excluding steroid dienone is 6. The van der Waals surface area contributed by atoms with Crippen LogP contribution in [0.25, 0.3) is 0 Å². The SMILES string of the molecule is C/C=C(\C=C/CN(C)C)C(=O)[C@H](C)/C=C(C)/C=C/C(=O)NO. The van der Waals surface area contributed by atoms with Crippen LogP contribution >= 0.6 is 0 Å². The van der Waals surface area contributed by atoms with Crippen molar-refractivity contribution in [3.8, 4) is 0 Å². The lowest BCUT2D eigenvalue weighted by Crippen LogP contribution is -2.15. The number of likely N-dealkylation sites (N-methyl/N-ethyl adjacent to an activating group) is 1. The molecule has 0 unspecified atom stereocenters. The van der Waals surface area contributed by atoms with Crippen LogP contribution in [0.2, 0.25) is 0 Å². The largest absolute Gasteiger partial charge is 0.306 e. The molecule has 0 radical (unpaired) electrons. The fraction of sp³-hybridized carbons (Fsp3) is 0.412. The van der Waals surface area contributed by atoms with E-state index in [1.807, 2.05) is 45.0 Å². The van der Waals surface area contributed by atoms with Crippen LogP contribution in [0.4, 0.5) is 0 Å². The first-order valence-electron chi connectivity index (χ1n) is 7.14. The Kier molecular flexibility index (Phi) is 9.74. The Morgan fingerprint density at radius 3 is 2.36 bits per heavy atom. The van der Waals surface area contributed by atoms with Gasteiger partial charge in [0.1, 0.15) is 0 Å². The van der Waals surface area contributed by atoms with E-state index in [9.17, 15) is 9.59 Å². The van der Waals surface area contributed by atoms with Crippen LogP contribution in [0.15, 0.2) is 47.6 Å². The fourth-order valence-electron chi connectivity index (χ4n) is 1.74. The lowest BCUT2D eigenvalue weighted by Gasteiger charge is -2.08. The number of Topliss-reactive ketones (excluding diaryl/α,β-unsaturated/α-hetero) is 1. The van der Waals surface area contributed by atoms with Gasteiger partial charge in [-0.25, -0.2) is 5.48 Å². The first-order valence-corrected chi connectivity index (χ1v) is 7.14. The van der Waals surface area contributed by atoms with Crippen molar-refractivity contribution >= 4 is 11.7 Å². The van der Waals surface area contributed by atoms with E-state index in [0.29, 0.717) is 5.57 Å². The van der Waals surface area contributed by atoms with Gasteiger partial charge in [-0.3, -0.25) is 14.8 Å². The monoisotopic (exact) mass is 306 g/mol. The second-order valence-electron chi connectivity index (χ2n) is 5.28. The quantitative estimate of drug-likeness (QED) is 0.312. The third-order valence-electron chi connectivity index (χ3n) is 2.90. The normalized spacial score (nSPS) is 14.9. The molecule has 0 aliphatic heterocycles. The smallest absolute Gasteiger partial charge is 0.267 e. The molecule has 0 aliphatic carbocycles. The molecule has 2 N–H and O–H groups in total. The molecule has 0 aromatic rings. The number of hydrogen-bond donors (Lipinski definition) is 2. The van der Waals surface area contributed by atoms with Gasteiger partial charge in [0, 0.05) is 24.1 Å². The highest BCUT2D eigenvalue weighted by Gasteiger charge is 2.13. The van der Waals surface area contributed by atoms with E-state index >= 15 is 0 Å². The molecule has 0 saturated heterocycles. The van der Waals surface area contributed by atoms with E-state index in [0.717, 1.165) is 12.1 Å². The summed E-state index contributed by atoms with van der Waals surface area (Å²) in [7, 11) is 3.93. The van der Waals surface area contributed by atoms with Crippen molar-refractivity contribution in [2.24, 2.45) is 5.92 Å². The summed E-state index contributed by atoms with van der Waals surface area (Å²) in [5, 5.41) is 8.40. The second-order valence-corrected chi connectivity index (χ2v) is 5.28. The lowest BCUT2D eigenvalue weighted by molar-refractivity contribution is -0.124. The maximum absolute atomic E-state index is 12.4. The zero-order chi connectivity index (χ0) is 17.1. The maximum atomic E-state index is 12.4. The summed E-state index contributed by atoms with van der Waals surface area (Å²) in [6, 6.07) is 0. The van der Waals surface area contributed by atoms with Gasteiger partial charge in [0.2, 0.25) is 0 Å². The highest BCUT2D eigenvalue weighted by molar-refractivity contribution is 6.00. The summed E-state index contributed by atoms with van der Waals surface area (Å²) >= 11 is 0. The number of amides is 1. The van der Waals surface area contributed by atoms with Crippen LogP contribution in [-0.2, 0) is 9.59 Å². The van der Waals surface area contributed by atoms with Crippen LogP contribution in [0, 0.1) is 5.92 Å². The van der Waals surface area contributed by atoms with Crippen LogP contribution in [0.5, 0.6) is 0 Å². The topological polar surface area (TPSA) is 69.6 Å². The molecule has 0 saturated carbocycles. The number of rotatable bonds is 8. The predicted molar refractivity (Wildman–Crippen MR) is 88.4 cm³/mol. The molecule has 5 nitrogen and oxygen atoms in total. The molecule has 0 fully saturated rings. The maximum Gasteiger partial charge on any atom is 0.267 e. The fourth-order valence-corrected chi connectivity index (χ4v) is 1.74.